The Morgan fingerprint density at radius 3 is 2.26 bits per heavy atom. The van der Waals surface area contributed by atoms with Crippen molar-refractivity contribution in [3.63, 3.8) is 0 Å². The lowest BCUT2D eigenvalue weighted by molar-refractivity contribution is -0.384. The fourth-order valence-corrected chi connectivity index (χ4v) is 5.28. The highest BCUT2D eigenvalue weighted by Gasteiger charge is 2.41. The first-order chi connectivity index (χ1) is 18.9. The molecule has 0 fully saturated rings. The van der Waals surface area contributed by atoms with Crippen LogP contribution in [0.4, 0.5) is 5.69 Å². The molecule has 8 heteroatoms. The van der Waals surface area contributed by atoms with E-state index in [1.54, 1.807) is 19.1 Å². The second-order valence-electron chi connectivity index (χ2n) is 9.57. The molecule has 1 aliphatic carbocycles. The van der Waals surface area contributed by atoms with Crippen molar-refractivity contribution in [2.75, 3.05) is 13.2 Å². The summed E-state index contributed by atoms with van der Waals surface area (Å²) in [6.45, 7) is 1.98. The minimum absolute atomic E-state index is 0.0129. The van der Waals surface area contributed by atoms with Crippen molar-refractivity contribution >= 4 is 17.4 Å². The van der Waals surface area contributed by atoms with E-state index >= 15 is 0 Å². The van der Waals surface area contributed by atoms with E-state index in [-0.39, 0.29) is 30.6 Å². The quantitative estimate of drug-likeness (QED) is 0.177. The zero-order valence-electron chi connectivity index (χ0n) is 21.5. The molecular weight excluding hydrogens is 496 g/mol. The van der Waals surface area contributed by atoms with Gasteiger partial charge in [-0.1, -0.05) is 60.7 Å². The first-order valence-corrected chi connectivity index (χ1v) is 12.8. The summed E-state index contributed by atoms with van der Waals surface area (Å²) in [5, 5.41) is 14.6. The van der Waals surface area contributed by atoms with E-state index in [2.05, 4.69) is 5.32 Å². The Morgan fingerprint density at radius 1 is 0.923 bits per heavy atom. The molecule has 2 atom stereocenters. The molecule has 0 aromatic heterocycles. The number of rotatable bonds is 8. The third-order valence-electron chi connectivity index (χ3n) is 7.08. The second-order valence-corrected chi connectivity index (χ2v) is 9.57. The summed E-state index contributed by atoms with van der Waals surface area (Å²) < 4.78 is 11.2. The number of ether oxygens (including phenoxy) is 2. The normalized spacial score (nSPS) is 18.7. The van der Waals surface area contributed by atoms with E-state index in [1.165, 1.54) is 12.1 Å². The number of para-hydroxylation sites is 1. The lowest BCUT2D eigenvalue weighted by Gasteiger charge is -2.36. The monoisotopic (exact) mass is 524 g/mol. The number of hydrogen-bond acceptors (Lipinski definition) is 7. The maximum absolute atomic E-state index is 13.7. The summed E-state index contributed by atoms with van der Waals surface area (Å²) >= 11 is 0. The number of benzene rings is 3. The molecule has 1 N–H and O–H groups in total. The van der Waals surface area contributed by atoms with Gasteiger partial charge in [0.05, 0.1) is 10.5 Å². The number of carbonyl (C=O) groups excluding carboxylic acids is 2. The van der Waals surface area contributed by atoms with Gasteiger partial charge in [0.1, 0.15) is 19.0 Å². The number of nitrogens with one attached hydrogen (secondary N) is 1. The fourth-order valence-electron chi connectivity index (χ4n) is 5.28. The molecule has 5 rings (SSSR count). The fraction of sp³-hybridized carbons (Fsp3) is 0.226. The Balaban J connectivity index is 1.43. The minimum atomic E-state index is -0.700. The van der Waals surface area contributed by atoms with Gasteiger partial charge in [0.15, 0.2) is 5.78 Å². The van der Waals surface area contributed by atoms with Crippen LogP contribution in [0.15, 0.2) is 107 Å². The van der Waals surface area contributed by atoms with Gasteiger partial charge in [0, 0.05) is 41.4 Å². The van der Waals surface area contributed by atoms with Crippen LogP contribution in [0.3, 0.4) is 0 Å². The molecule has 0 saturated carbocycles. The summed E-state index contributed by atoms with van der Waals surface area (Å²) in [6, 6.07) is 25.1. The molecule has 0 amide bonds. The number of nitro groups is 1. The molecular formula is C31H28N2O6. The Hall–Kier alpha value is -4.72. The number of dihydropyridines is 1. The Kier molecular flexibility index (Phi) is 7.54. The van der Waals surface area contributed by atoms with Crippen molar-refractivity contribution < 1.29 is 24.0 Å². The predicted molar refractivity (Wildman–Crippen MR) is 145 cm³/mol. The van der Waals surface area contributed by atoms with Crippen LogP contribution < -0.4 is 10.1 Å². The molecule has 39 heavy (non-hydrogen) atoms. The SMILES string of the molecule is CC1=C(C(=O)OCCOc2ccccc2)[C@H](c2ccc([N+](=O)[O-])cc2)C2=C(C[C@H](c3ccccc3)CC2=O)N1. The van der Waals surface area contributed by atoms with Gasteiger partial charge in [0.2, 0.25) is 0 Å². The van der Waals surface area contributed by atoms with Gasteiger partial charge < -0.3 is 14.8 Å². The van der Waals surface area contributed by atoms with Crippen molar-refractivity contribution in [3.05, 3.63) is 129 Å². The maximum Gasteiger partial charge on any atom is 0.336 e. The minimum Gasteiger partial charge on any atom is -0.490 e. The molecule has 198 valence electrons. The highest BCUT2D eigenvalue weighted by molar-refractivity contribution is 6.04. The van der Waals surface area contributed by atoms with E-state index in [0.717, 1.165) is 11.3 Å². The highest BCUT2D eigenvalue weighted by atomic mass is 16.6. The molecule has 2 aliphatic rings. The number of hydrogen-bond donors (Lipinski definition) is 1. The maximum atomic E-state index is 13.7. The van der Waals surface area contributed by atoms with Gasteiger partial charge in [-0.15, -0.1) is 0 Å². The number of nitro benzene ring substituents is 1. The second kappa shape index (κ2) is 11.3. The van der Waals surface area contributed by atoms with Crippen molar-refractivity contribution in [1.82, 2.24) is 5.32 Å². The number of non-ortho nitro benzene ring substituents is 1. The largest absolute Gasteiger partial charge is 0.490 e. The van der Waals surface area contributed by atoms with Crippen LogP contribution in [0, 0.1) is 10.1 Å². The summed E-state index contributed by atoms with van der Waals surface area (Å²) in [5.74, 6) is -0.647. The summed E-state index contributed by atoms with van der Waals surface area (Å²) in [6.07, 6.45) is 0.916. The van der Waals surface area contributed by atoms with Gasteiger partial charge in [0.25, 0.3) is 5.69 Å². The molecule has 3 aromatic carbocycles. The van der Waals surface area contributed by atoms with Gasteiger partial charge >= 0.3 is 5.97 Å². The number of esters is 1. The molecule has 0 spiro atoms. The standard InChI is InChI=1S/C31H28N2O6/c1-20-28(31(35)39-17-16-38-25-10-6-3-7-11-25)29(22-12-14-24(15-13-22)33(36)37)30-26(32-20)18-23(19-27(30)34)21-8-4-2-5-9-21/h2-15,23,29,32H,16-19H2,1H3/t23-,29-/m0/s1. The average molecular weight is 525 g/mol. The molecule has 0 unspecified atom stereocenters. The average Bonchev–Trinajstić information content (AvgIpc) is 2.95. The lowest BCUT2D eigenvalue weighted by atomic mass is 9.71. The van der Waals surface area contributed by atoms with Gasteiger partial charge in [-0.2, -0.15) is 0 Å². The molecule has 0 bridgehead atoms. The van der Waals surface area contributed by atoms with E-state index in [1.807, 2.05) is 60.7 Å². The summed E-state index contributed by atoms with van der Waals surface area (Å²) in [7, 11) is 0. The number of allylic oxidation sites excluding steroid dienone is 3. The van der Waals surface area contributed by atoms with E-state index in [9.17, 15) is 19.7 Å². The van der Waals surface area contributed by atoms with Crippen molar-refractivity contribution in [3.8, 4) is 5.75 Å². The molecule has 1 heterocycles. The van der Waals surface area contributed by atoms with Gasteiger partial charge in [-0.05, 0) is 42.5 Å². The predicted octanol–water partition coefficient (Wildman–Crippen LogP) is 5.58. The number of Topliss-reactive ketones (excluding diaryl/α,β-unsaturated/α-hetero) is 1. The number of nitrogens with zero attached hydrogens (tertiary/aromatic N) is 1. The van der Waals surface area contributed by atoms with Crippen LogP contribution in [0.2, 0.25) is 0 Å². The first-order valence-electron chi connectivity index (χ1n) is 12.8. The van der Waals surface area contributed by atoms with Gasteiger partial charge in [-0.25, -0.2) is 4.79 Å². The van der Waals surface area contributed by atoms with Crippen LogP contribution in [0.5, 0.6) is 5.75 Å². The van der Waals surface area contributed by atoms with Gasteiger partial charge in [-0.3, -0.25) is 14.9 Å². The smallest absolute Gasteiger partial charge is 0.336 e. The van der Waals surface area contributed by atoms with Crippen molar-refractivity contribution in [1.29, 1.82) is 0 Å². The van der Waals surface area contributed by atoms with Crippen LogP contribution in [0.25, 0.3) is 0 Å². The number of ketones is 1. The molecule has 0 radical (unpaired) electrons. The lowest BCUT2D eigenvalue weighted by Crippen LogP contribution is -2.36. The highest BCUT2D eigenvalue weighted by Crippen LogP contribution is 2.45. The summed E-state index contributed by atoms with van der Waals surface area (Å²) in [4.78, 5) is 37.9. The summed E-state index contributed by atoms with van der Waals surface area (Å²) in [5.41, 5.74) is 3.81. The van der Waals surface area contributed by atoms with Crippen molar-refractivity contribution in [2.24, 2.45) is 0 Å². The third-order valence-corrected chi connectivity index (χ3v) is 7.08. The van der Waals surface area contributed by atoms with E-state index in [0.29, 0.717) is 41.0 Å². The van der Waals surface area contributed by atoms with E-state index in [4.69, 9.17) is 9.47 Å². The van der Waals surface area contributed by atoms with Crippen LogP contribution in [0.1, 0.15) is 42.7 Å². The Bertz CT molecular complexity index is 1450. The Morgan fingerprint density at radius 2 is 1.59 bits per heavy atom. The molecule has 1 aliphatic heterocycles. The zero-order valence-corrected chi connectivity index (χ0v) is 21.5. The topological polar surface area (TPSA) is 108 Å². The molecule has 8 nitrogen and oxygen atoms in total. The molecule has 0 saturated heterocycles. The Labute approximate surface area is 226 Å². The van der Waals surface area contributed by atoms with Crippen molar-refractivity contribution in [2.45, 2.75) is 31.6 Å². The third kappa shape index (κ3) is 5.60. The van der Waals surface area contributed by atoms with Crippen LogP contribution in [-0.2, 0) is 14.3 Å². The number of carbonyl (C=O) groups is 2. The van der Waals surface area contributed by atoms with Crippen LogP contribution >= 0.6 is 0 Å². The van der Waals surface area contributed by atoms with Crippen LogP contribution in [-0.4, -0.2) is 29.9 Å². The zero-order chi connectivity index (χ0) is 27.4. The molecule has 3 aromatic rings. The first kappa shape index (κ1) is 25.9. The van der Waals surface area contributed by atoms with E-state index < -0.39 is 16.8 Å².